The van der Waals surface area contributed by atoms with Crippen LogP contribution in [-0.2, 0) is 6.42 Å². The second kappa shape index (κ2) is 6.34. The molecule has 0 unspecified atom stereocenters. The van der Waals surface area contributed by atoms with Crippen LogP contribution in [0.2, 0.25) is 5.02 Å². The summed E-state index contributed by atoms with van der Waals surface area (Å²) in [5.74, 6) is -0.476. The highest BCUT2D eigenvalue weighted by Gasteiger charge is 2.11. The number of halogens is 2. The first-order chi connectivity index (χ1) is 9.58. The molecule has 2 aromatic rings. The van der Waals surface area contributed by atoms with Crippen molar-refractivity contribution in [3.05, 3.63) is 69.0 Å². The van der Waals surface area contributed by atoms with Gasteiger partial charge in [0, 0.05) is 23.9 Å². The van der Waals surface area contributed by atoms with E-state index in [1.165, 1.54) is 18.2 Å². The molecule has 0 heterocycles. The molecule has 2 aromatic carbocycles. The molecule has 6 heteroatoms. The molecule has 0 atom stereocenters. The van der Waals surface area contributed by atoms with E-state index in [4.69, 9.17) is 11.6 Å². The van der Waals surface area contributed by atoms with Crippen LogP contribution in [0.1, 0.15) is 5.56 Å². The summed E-state index contributed by atoms with van der Waals surface area (Å²) >= 11 is 5.67. The summed E-state index contributed by atoms with van der Waals surface area (Å²) in [6.45, 7) is 0.493. The second-order valence-electron chi connectivity index (χ2n) is 4.19. The molecule has 0 saturated carbocycles. The molecule has 0 fully saturated rings. The van der Waals surface area contributed by atoms with Crippen molar-refractivity contribution in [2.24, 2.45) is 0 Å². The van der Waals surface area contributed by atoms with Crippen LogP contribution in [0.3, 0.4) is 0 Å². The Hall–Kier alpha value is -2.14. The third-order valence-electron chi connectivity index (χ3n) is 2.83. The van der Waals surface area contributed by atoms with Crippen LogP contribution in [0.25, 0.3) is 0 Å². The highest BCUT2D eigenvalue weighted by molar-refractivity contribution is 6.31. The average Bonchev–Trinajstić information content (AvgIpc) is 2.43. The number of hydrogen-bond acceptors (Lipinski definition) is 3. The van der Waals surface area contributed by atoms with Gasteiger partial charge in [0.1, 0.15) is 5.82 Å². The fourth-order valence-electron chi connectivity index (χ4n) is 1.85. The lowest BCUT2D eigenvalue weighted by Crippen LogP contribution is -2.06. The molecule has 0 spiro atoms. The molecule has 2 rings (SSSR count). The summed E-state index contributed by atoms with van der Waals surface area (Å²) in [5.41, 5.74) is 1.43. The van der Waals surface area contributed by atoms with Gasteiger partial charge in [-0.1, -0.05) is 29.8 Å². The van der Waals surface area contributed by atoms with Crippen molar-refractivity contribution in [2.75, 3.05) is 11.9 Å². The van der Waals surface area contributed by atoms with Crippen molar-refractivity contribution in [1.29, 1.82) is 0 Å². The van der Waals surface area contributed by atoms with Crippen molar-refractivity contribution >= 4 is 23.0 Å². The number of nitro benzene ring substituents is 1. The molecule has 20 heavy (non-hydrogen) atoms. The summed E-state index contributed by atoms with van der Waals surface area (Å²) in [7, 11) is 0. The zero-order valence-corrected chi connectivity index (χ0v) is 11.2. The van der Waals surface area contributed by atoms with Gasteiger partial charge < -0.3 is 5.32 Å². The van der Waals surface area contributed by atoms with Gasteiger partial charge in [-0.25, -0.2) is 4.39 Å². The zero-order valence-electron chi connectivity index (χ0n) is 10.5. The Labute approximate surface area is 120 Å². The van der Waals surface area contributed by atoms with E-state index in [1.807, 2.05) is 0 Å². The van der Waals surface area contributed by atoms with Crippen LogP contribution < -0.4 is 5.32 Å². The molecular formula is C14H12ClFN2O2. The number of hydrogen-bond donors (Lipinski definition) is 1. The first-order valence-corrected chi connectivity index (χ1v) is 6.37. The first kappa shape index (κ1) is 14.3. The lowest BCUT2D eigenvalue weighted by molar-refractivity contribution is -0.385. The van der Waals surface area contributed by atoms with Crippen molar-refractivity contribution in [2.45, 2.75) is 6.42 Å². The smallest absolute Gasteiger partial charge is 0.272 e. The number of nitrogens with one attached hydrogen (secondary N) is 1. The monoisotopic (exact) mass is 294 g/mol. The number of nitrogens with zero attached hydrogens (tertiary/aromatic N) is 1. The predicted molar refractivity (Wildman–Crippen MR) is 76.7 cm³/mol. The number of nitro groups is 1. The van der Waals surface area contributed by atoms with E-state index in [0.717, 1.165) is 0 Å². The molecule has 0 bridgehead atoms. The third-order valence-corrected chi connectivity index (χ3v) is 3.12. The topological polar surface area (TPSA) is 55.2 Å². The lowest BCUT2D eigenvalue weighted by atomic mass is 10.1. The van der Waals surface area contributed by atoms with E-state index in [-0.39, 0.29) is 10.7 Å². The van der Waals surface area contributed by atoms with Crippen LogP contribution in [0.15, 0.2) is 42.5 Å². The first-order valence-electron chi connectivity index (χ1n) is 5.99. The molecule has 1 N–H and O–H groups in total. The van der Waals surface area contributed by atoms with Gasteiger partial charge in [0.15, 0.2) is 0 Å². The van der Waals surface area contributed by atoms with E-state index in [1.54, 1.807) is 24.3 Å². The fourth-order valence-corrected chi connectivity index (χ4v) is 2.03. The normalized spacial score (nSPS) is 10.3. The van der Waals surface area contributed by atoms with Gasteiger partial charge in [-0.2, -0.15) is 0 Å². The predicted octanol–water partition coefficient (Wildman–Crippen LogP) is 4.04. The van der Waals surface area contributed by atoms with E-state index >= 15 is 0 Å². The summed E-state index contributed by atoms with van der Waals surface area (Å²) in [6.07, 6.45) is 0.492. The minimum absolute atomic E-state index is 0.0423. The minimum atomic E-state index is -0.476. The highest BCUT2D eigenvalue weighted by Crippen LogP contribution is 2.21. The van der Waals surface area contributed by atoms with Gasteiger partial charge in [-0.15, -0.1) is 0 Å². The Balaban J connectivity index is 1.99. The Morgan fingerprint density at radius 3 is 2.70 bits per heavy atom. The molecule has 0 radical (unpaired) electrons. The van der Waals surface area contributed by atoms with Gasteiger partial charge in [0.25, 0.3) is 5.69 Å². The van der Waals surface area contributed by atoms with Crippen LogP contribution in [0, 0.1) is 15.9 Å². The summed E-state index contributed by atoms with van der Waals surface area (Å²) in [6, 6.07) is 10.9. The Bertz CT molecular complexity index is 634. The number of anilines is 1. The van der Waals surface area contributed by atoms with Crippen LogP contribution in [0.5, 0.6) is 0 Å². The quantitative estimate of drug-likeness (QED) is 0.669. The molecule has 0 aliphatic rings. The SMILES string of the molecule is O=[N+]([O-])c1ccccc1CCNc1ccc(F)c(Cl)c1. The molecule has 0 saturated heterocycles. The zero-order chi connectivity index (χ0) is 14.5. The number of rotatable bonds is 5. The second-order valence-corrected chi connectivity index (χ2v) is 4.60. The van der Waals surface area contributed by atoms with E-state index in [9.17, 15) is 14.5 Å². The minimum Gasteiger partial charge on any atom is -0.385 e. The van der Waals surface area contributed by atoms with E-state index < -0.39 is 10.7 Å². The third kappa shape index (κ3) is 3.45. The van der Waals surface area contributed by atoms with Crippen molar-refractivity contribution in [3.8, 4) is 0 Å². The van der Waals surface area contributed by atoms with E-state index in [0.29, 0.717) is 24.2 Å². The fraction of sp³-hybridized carbons (Fsp3) is 0.143. The van der Waals surface area contributed by atoms with Crippen LogP contribution >= 0.6 is 11.6 Å². The Morgan fingerprint density at radius 1 is 1.25 bits per heavy atom. The molecule has 0 amide bonds. The summed E-state index contributed by atoms with van der Waals surface area (Å²) < 4.78 is 13.0. The van der Waals surface area contributed by atoms with Crippen molar-refractivity contribution in [3.63, 3.8) is 0 Å². The van der Waals surface area contributed by atoms with Crippen LogP contribution in [0.4, 0.5) is 15.8 Å². The Kier molecular flexibility index (Phi) is 4.53. The van der Waals surface area contributed by atoms with Gasteiger partial charge in [0.2, 0.25) is 0 Å². The maximum Gasteiger partial charge on any atom is 0.272 e. The van der Waals surface area contributed by atoms with Crippen molar-refractivity contribution < 1.29 is 9.31 Å². The van der Waals surface area contributed by atoms with Crippen molar-refractivity contribution in [1.82, 2.24) is 0 Å². The van der Waals surface area contributed by atoms with Gasteiger partial charge in [0.05, 0.1) is 9.95 Å². The van der Waals surface area contributed by atoms with Gasteiger partial charge in [-0.3, -0.25) is 10.1 Å². The summed E-state index contributed by atoms with van der Waals surface area (Å²) in [4.78, 5) is 10.5. The van der Waals surface area contributed by atoms with Crippen LogP contribution in [-0.4, -0.2) is 11.5 Å². The van der Waals surface area contributed by atoms with E-state index in [2.05, 4.69) is 5.32 Å². The molecule has 4 nitrogen and oxygen atoms in total. The number of benzene rings is 2. The lowest BCUT2D eigenvalue weighted by Gasteiger charge is -2.07. The molecule has 104 valence electrons. The average molecular weight is 295 g/mol. The molecular weight excluding hydrogens is 283 g/mol. The maximum absolute atomic E-state index is 13.0. The van der Waals surface area contributed by atoms with Gasteiger partial charge in [-0.05, 0) is 24.6 Å². The maximum atomic E-state index is 13.0. The standard InChI is InChI=1S/C14H12ClFN2O2/c15-12-9-11(5-6-13(12)16)17-8-7-10-3-1-2-4-14(10)18(19)20/h1-6,9,17H,7-8H2. The number of para-hydroxylation sites is 1. The summed E-state index contributed by atoms with van der Waals surface area (Å²) in [5, 5.41) is 14.0. The largest absolute Gasteiger partial charge is 0.385 e. The molecule has 0 aliphatic carbocycles. The highest BCUT2D eigenvalue weighted by atomic mass is 35.5. The Morgan fingerprint density at radius 2 is 2.00 bits per heavy atom. The molecule has 0 aromatic heterocycles. The van der Waals surface area contributed by atoms with Gasteiger partial charge >= 0.3 is 0 Å². The molecule has 0 aliphatic heterocycles.